The smallest absolute Gasteiger partial charge is 0.227 e. The van der Waals surface area contributed by atoms with Gasteiger partial charge < -0.3 is 10.2 Å². The second kappa shape index (κ2) is 6.50. The van der Waals surface area contributed by atoms with E-state index in [0.717, 1.165) is 17.7 Å². The Kier molecular flexibility index (Phi) is 4.43. The largest absolute Gasteiger partial charge is 0.341 e. The van der Waals surface area contributed by atoms with Crippen LogP contribution in [0.5, 0.6) is 0 Å². The number of benzene rings is 1. The van der Waals surface area contributed by atoms with Crippen LogP contribution in [0.1, 0.15) is 17.0 Å². The number of aryl methyl sites for hydroxylation is 1. The molecule has 0 bridgehead atoms. The number of nitrogens with one attached hydrogen (secondary N) is 1. The summed E-state index contributed by atoms with van der Waals surface area (Å²) >= 11 is 0. The predicted molar refractivity (Wildman–Crippen MR) is 85.2 cm³/mol. The lowest BCUT2D eigenvalue weighted by atomic mass is 9.90. The van der Waals surface area contributed by atoms with Crippen molar-refractivity contribution in [2.24, 2.45) is 13.0 Å². The molecule has 23 heavy (non-hydrogen) atoms. The summed E-state index contributed by atoms with van der Waals surface area (Å²) in [7, 11) is 3.67. The molecule has 3 rings (SSSR count). The fraction of sp³-hybridized carbons (Fsp3) is 0.412. The van der Waals surface area contributed by atoms with Gasteiger partial charge in [-0.25, -0.2) is 4.39 Å². The molecule has 0 spiro atoms. The minimum Gasteiger partial charge on any atom is -0.341 e. The Hall–Kier alpha value is -2.21. The number of nitrogens with zero attached hydrogens (tertiary/aromatic N) is 3. The van der Waals surface area contributed by atoms with E-state index in [4.69, 9.17) is 0 Å². The van der Waals surface area contributed by atoms with Crippen molar-refractivity contribution in [2.45, 2.75) is 12.5 Å². The fourth-order valence-electron chi connectivity index (χ4n) is 3.14. The van der Waals surface area contributed by atoms with E-state index < -0.39 is 0 Å². The first-order chi connectivity index (χ1) is 11.0. The van der Waals surface area contributed by atoms with E-state index in [9.17, 15) is 9.18 Å². The number of hydrogen-bond donors (Lipinski definition) is 1. The second-order valence-electron chi connectivity index (χ2n) is 6.14. The van der Waals surface area contributed by atoms with Gasteiger partial charge in [0, 0.05) is 45.8 Å². The Morgan fingerprint density at radius 3 is 2.78 bits per heavy atom. The molecule has 122 valence electrons. The van der Waals surface area contributed by atoms with Crippen molar-refractivity contribution in [3.05, 3.63) is 53.6 Å². The average molecular weight is 316 g/mol. The van der Waals surface area contributed by atoms with Crippen LogP contribution in [0.15, 0.2) is 36.7 Å². The van der Waals surface area contributed by atoms with Crippen LogP contribution in [0.25, 0.3) is 0 Å². The van der Waals surface area contributed by atoms with E-state index in [1.165, 1.54) is 12.1 Å². The summed E-state index contributed by atoms with van der Waals surface area (Å²) in [6, 6.07) is 6.27. The molecule has 6 heteroatoms. The molecular formula is C17H21FN4O. The lowest BCUT2D eigenvalue weighted by molar-refractivity contribution is -0.134. The van der Waals surface area contributed by atoms with E-state index in [1.54, 1.807) is 28.8 Å². The summed E-state index contributed by atoms with van der Waals surface area (Å²) < 4.78 is 14.7. The third-order valence-electron chi connectivity index (χ3n) is 4.39. The molecule has 1 fully saturated rings. The molecule has 1 amide bonds. The second-order valence-corrected chi connectivity index (χ2v) is 6.14. The van der Waals surface area contributed by atoms with E-state index in [-0.39, 0.29) is 23.6 Å². The molecule has 2 aromatic rings. The van der Waals surface area contributed by atoms with Crippen LogP contribution in [0.2, 0.25) is 0 Å². The third kappa shape index (κ3) is 3.42. The number of hydrogen-bond acceptors (Lipinski definition) is 3. The molecule has 0 saturated carbocycles. The quantitative estimate of drug-likeness (QED) is 0.930. The Morgan fingerprint density at radius 2 is 2.13 bits per heavy atom. The van der Waals surface area contributed by atoms with Gasteiger partial charge in [-0.05, 0) is 23.3 Å². The number of carbonyl (C=O) groups is 1. The molecule has 1 aromatic carbocycles. The summed E-state index contributed by atoms with van der Waals surface area (Å²) in [4.78, 5) is 14.5. The number of halogens is 1. The van der Waals surface area contributed by atoms with Crippen LogP contribution in [-0.4, -0.2) is 40.7 Å². The Labute approximate surface area is 135 Å². The van der Waals surface area contributed by atoms with Gasteiger partial charge in [0.1, 0.15) is 5.82 Å². The van der Waals surface area contributed by atoms with Crippen molar-refractivity contribution < 1.29 is 9.18 Å². The number of carbonyl (C=O) groups excluding carboxylic acids is 1. The highest BCUT2D eigenvalue weighted by Crippen LogP contribution is 2.29. The van der Waals surface area contributed by atoms with Crippen LogP contribution in [0.4, 0.5) is 4.39 Å². The van der Waals surface area contributed by atoms with Crippen molar-refractivity contribution in [2.75, 3.05) is 20.1 Å². The molecule has 0 aliphatic carbocycles. The first-order valence-corrected chi connectivity index (χ1v) is 7.73. The minimum atomic E-state index is -0.264. The molecule has 0 unspecified atom stereocenters. The van der Waals surface area contributed by atoms with Crippen LogP contribution < -0.4 is 5.32 Å². The maximum absolute atomic E-state index is 13.0. The molecule has 1 aliphatic heterocycles. The van der Waals surface area contributed by atoms with Crippen LogP contribution in [0, 0.1) is 11.7 Å². The molecule has 0 radical (unpaired) electrons. The van der Waals surface area contributed by atoms with Crippen molar-refractivity contribution >= 4 is 5.91 Å². The van der Waals surface area contributed by atoms with Crippen LogP contribution in [0.3, 0.4) is 0 Å². The standard InChI is InChI=1S/C17H21FN4O/c1-21(10-12-3-5-14(18)6-4-12)17(23)16-9-19-8-15(16)13-7-20-22(2)11-13/h3-7,11,15-16,19H,8-10H2,1-2H3/t15-,16+/m1/s1. The van der Waals surface area contributed by atoms with Gasteiger partial charge in [0.15, 0.2) is 0 Å². The first-order valence-electron chi connectivity index (χ1n) is 7.73. The molecule has 2 atom stereocenters. The van der Waals surface area contributed by atoms with E-state index in [0.29, 0.717) is 13.1 Å². The van der Waals surface area contributed by atoms with E-state index in [1.807, 2.05) is 19.4 Å². The molecular weight excluding hydrogens is 295 g/mol. The zero-order chi connectivity index (χ0) is 16.4. The highest BCUT2D eigenvalue weighted by molar-refractivity contribution is 5.80. The Balaban J connectivity index is 1.69. The van der Waals surface area contributed by atoms with Gasteiger partial charge in [0.2, 0.25) is 5.91 Å². The van der Waals surface area contributed by atoms with Crippen LogP contribution >= 0.6 is 0 Å². The number of rotatable bonds is 4. The third-order valence-corrected chi connectivity index (χ3v) is 4.39. The molecule has 1 aromatic heterocycles. The summed E-state index contributed by atoms with van der Waals surface area (Å²) in [6.07, 6.45) is 3.80. The maximum atomic E-state index is 13.0. The highest BCUT2D eigenvalue weighted by Gasteiger charge is 2.36. The van der Waals surface area contributed by atoms with Gasteiger partial charge in [0.05, 0.1) is 12.1 Å². The van der Waals surface area contributed by atoms with Gasteiger partial charge in [0.25, 0.3) is 0 Å². The first kappa shape index (κ1) is 15.7. The molecule has 1 saturated heterocycles. The van der Waals surface area contributed by atoms with Crippen molar-refractivity contribution in [1.29, 1.82) is 0 Å². The van der Waals surface area contributed by atoms with Gasteiger partial charge in [-0.15, -0.1) is 0 Å². The monoisotopic (exact) mass is 316 g/mol. The van der Waals surface area contributed by atoms with Gasteiger partial charge in [-0.2, -0.15) is 5.10 Å². The van der Waals surface area contributed by atoms with Crippen LogP contribution in [-0.2, 0) is 18.4 Å². The lowest BCUT2D eigenvalue weighted by Crippen LogP contribution is -2.35. The van der Waals surface area contributed by atoms with E-state index in [2.05, 4.69) is 10.4 Å². The van der Waals surface area contributed by atoms with Gasteiger partial charge >= 0.3 is 0 Å². The fourth-order valence-corrected chi connectivity index (χ4v) is 3.14. The summed E-state index contributed by atoms with van der Waals surface area (Å²) in [5.74, 6) is -0.107. The Morgan fingerprint density at radius 1 is 1.39 bits per heavy atom. The van der Waals surface area contributed by atoms with Crippen molar-refractivity contribution in [3.63, 3.8) is 0 Å². The minimum absolute atomic E-state index is 0.0929. The van der Waals surface area contributed by atoms with E-state index >= 15 is 0 Å². The maximum Gasteiger partial charge on any atom is 0.227 e. The van der Waals surface area contributed by atoms with Gasteiger partial charge in [-0.3, -0.25) is 9.48 Å². The highest BCUT2D eigenvalue weighted by atomic mass is 19.1. The van der Waals surface area contributed by atoms with Crippen molar-refractivity contribution in [3.8, 4) is 0 Å². The summed E-state index contributed by atoms with van der Waals surface area (Å²) in [6.45, 7) is 1.94. The summed E-state index contributed by atoms with van der Waals surface area (Å²) in [5, 5.41) is 7.51. The molecule has 2 heterocycles. The zero-order valence-corrected chi connectivity index (χ0v) is 13.4. The number of amides is 1. The topological polar surface area (TPSA) is 50.2 Å². The SMILES string of the molecule is CN(Cc1ccc(F)cc1)C(=O)[C@H]1CNC[C@@H]1c1cnn(C)c1. The summed E-state index contributed by atoms with van der Waals surface area (Å²) in [5.41, 5.74) is 2.01. The predicted octanol–water partition coefficient (Wildman–Crippen LogP) is 1.52. The van der Waals surface area contributed by atoms with Crippen molar-refractivity contribution in [1.82, 2.24) is 20.0 Å². The molecule has 5 nitrogen and oxygen atoms in total. The molecule has 1 N–H and O–H groups in total. The Bertz CT molecular complexity index is 682. The average Bonchev–Trinajstić information content (AvgIpc) is 3.17. The zero-order valence-electron chi connectivity index (χ0n) is 13.4. The molecule has 1 aliphatic rings. The lowest BCUT2D eigenvalue weighted by Gasteiger charge is -2.24. The number of aromatic nitrogens is 2. The normalized spacial score (nSPS) is 20.7. The van der Waals surface area contributed by atoms with Gasteiger partial charge in [-0.1, -0.05) is 12.1 Å².